The van der Waals surface area contributed by atoms with Crippen LogP contribution < -0.4 is 5.73 Å². The number of aryl methyl sites for hydroxylation is 2. The van der Waals surface area contributed by atoms with Crippen LogP contribution in [0.1, 0.15) is 27.8 Å². The van der Waals surface area contributed by atoms with Crippen molar-refractivity contribution in [3.8, 4) is 0 Å². The molecule has 3 aromatic rings. The molecule has 0 unspecified atom stereocenters. The summed E-state index contributed by atoms with van der Waals surface area (Å²) in [5, 5.41) is 11.7. The molecule has 0 aliphatic carbocycles. The lowest BCUT2D eigenvalue weighted by Crippen LogP contribution is -2.47. The van der Waals surface area contributed by atoms with E-state index in [4.69, 9.17) is 5.73 Å². The van der Waals surface area contributed by atoms with Crippen molar-refractivity contribution in [2.24, 2.45) is 5.73 Å². The maximum atomic E-state index is 11.7. The van der Waals surface area contributed by atoms with Crippen LogP contribution >= 0.6 is 0 Å². The summed E-state index contributed by atoms with van der Waals surface area (Å²) in [6.45, 7) is 4.08. The summed E-state index contributed by atoms with van der Waals surface area (Å²) >= 11 is 0. The molecule has 3 aromatic carbocycles. The SMILES string of the molecule is Cc1ccc(C(O)(c2ccc(C)cc2)[C@H](N)Cc2ccccc2)cc1. The molecule has 0 fully saturated rings. The second-order valence-electron chi connectivity index (χ2n) is 6.79. The Labute approximate surface area is 150 Å². The van der Waals surface area contributed by atoms with Gasteiger partial charge in [-0.25, -0.2) is 0 Å². The molecule has 0 aliphatic rings. The van der Waals surface area contributed by atoms with Crippen molar-refractivity contribution in [2.75, 3.05) is 0 Å². The van der Waals surface area contributed by atoms with Gasteiger partial charge in [-0.1, -0.05) is 90.0 Å². The van der Waals surface area contributed by atoms with Crippen molar-refractivity contribution in [3.05, 3.63) is 107 Å². The summed E-state index contributed by atoms with van der Waals surface area (Å²) in [4.78, 5) is 0. The Balaban J connectivity index is 2.04. The van der Waals surface area contributed by atoms with E-state index in [1.165, 1.54) is 0 Å². The van der Waals surface area contributed by atoms with Crippen molar-refractivity contribution in [1.82, 2.24) is 0 Å². The smallest absolute Gasteiger partial charge is 0.130 e. The van der Waals surface area contributed by atoms with Gasteiger partial charge in [0.1, 0.15) is 5.60 Å². The zero-order chi connectivity index (χ0) is 17.9. The van der Waals surface area contributed by atoms with Crippen LogP contribution in [-0.4, -0.2) is 11.1 Å². The quantitative estimate of drug-likeness (QED) is 0.739. The maximum absolute atomic E-state index is 11.7. The van der Waals surface area contributed by atoms with Gasteiger partial charge in [-0.15, -0.1) is 0 Å². The Bertz CT molecular complexity index is 761. The van der Waals surface area contributed by atoms with Crippen molar-refractivity contribution in [1.29, 1.82) is 0 Å². The van der Waals surface area contributed by atoms with Gasteiger partial charge in [0.25, 0.3) is 0 Å². The molecule has 0 spiro atoms. The van der Waals surface area contributed by atoms with E-state index in [1.54, 1.807) is 0 Å². The molecule has 128 valence electrons. The number of nitrogens with two attached hydrogens (primary N) is 1. The van der Waals surface area contributed by atoms with Gasteiger partial charge in [0.2, 0.25) is 0 Å². The Kier molecular flexibility index (Phi) is 5.03. The number of rotatable bonds is 5. The lowest BCUT2D eigenvalue weighted by molar-refractivity contribution is 0.0516. The second kappa shape index (κ2) is 7.22. The molecule has 3 N–H and O–H groups in total. The van der Waals surface area contributed by atoms with Gasteiger partial charge >= 0.3 is 0 Å². The van der Waals surface area contributed by atoms with E-state index >= 15 is 0 Å². The van der Waals surface area contributed by atoms with Gasteiger partial charge < -0.3 is 10.8 Å². The molecule has 0 aliphatic heterocycles. The minimum absolute atomic E-state index is 0.458. The minimum atomic E-state index is -1.24. The highest BCUT2D eigenvalue weighted by Gasteiger charge is 2.38. The van der Waals surface area contributed by atoms with Crippen LogP contribution in [0.3, 0.4) is 0 Å². The van der Waals surface area contributed by atoms with Gasteiger partial charge in [-0.05, 0) is 37.0 Å². The lowest BCUT2D eigenvalue weighted by Gasteiger charge is -2.35. The first kappa shape index (κ1) is 17.4. The summed E-state index contributed by atoms with van der Waals surface area (Å²) in [6, 6.07) is 25.6. The number of hydrogen-bond donors (Lipinski definition) is 2. The van der Waals surface area contributed by atoms with Gasteiger partial charge in [0.05, 0.1) is 0 Å². The summed E-state index contributed by atoms with van der Waals surface area (Å²) in [5.74, 6) is 0. The maximum Gasteiger partial charge on any atom is 0.130 e. The van der Waals surface area contributed by atoms with E-state index in [2.05, 4.69) is 0 Å². The van der Waals surface area contributed by atoms with E-state index in [1.807, 2.05) is 92.7 Å². The zero-order valence-electron chi connectivity index (χ0n) is 14.8. The molecule has 0 radical (unpaired) electrons. The molecule has 0 saturated heterocycles. The monoisotopic (exact) mass is 331 g/mol. The predicted octanol–water partition coefficient (Wildman–Crippen LogP) is 4.11. The Morgan fingerprint density at radius 2 is 1.20 bits per heavy atom. The third-order valence-electron chi connectivity index (χ3n) is 4.82. The topological polar surface area (TPSA) is 46.2 Å². The van der Waals surface area contributed by atoms with Crippen molar-refractivity contribution < 1.29 is 5.11 Å². The molecule has 0 amide bonds. The van der Waals surface area contributed by atoms with Gasteiger partial charge in [0, 0.05) is 6.04 Å². The average Bonchev–Trinajstić information content (AvgIpc) is 2.63. The molecule has 2 heteroatoms. The molecular weight excluding hydrogens is 306 g/mol. The van der Waals surface area contributed by atoms with Gasteiger partial charge in [0.15, 0.2) is 0 Å². The summed E-state index contributed by atoms with van der Waals surface area (Å²) < 4.78 is 0. The first-order valence-electron chi connectivity index (χ1n) is 8.66. The number of aliphatic hydroxyl groups is 1. The summed E-state index contributed by atoms with van der Waals surface area (Å²) in [7, 11) is 0. The van der Waals surface area contributed by atoms with Crippen LogP contribution in [0, 0.1) is 13.8 Å². The second-order valence-corrected chi connectivity index (χ2v) is 6.79. The minimum Gasteiger partial charge on any atom is -0.379 e. The molecule has 1 atom stereocenters. The summed E-state index contributed by atoms with van der Waals surface area (Å²) in [6.07, 6.45) is 0.596. The molecule has 0 saturated carbocycles. The standard InChI is InChI=1S/C23H25NO/c1-17-8-12-20(13-9-17)23(25,21-14-10-18(2)11-15-21)22(24)16-19-6-4-3-5-7-19/h3-15,22,25H,16,24H2,1-2H3/t22-/m1/s1. The fraction of sp³-hybridized carbons (Fsp3) is 0.217. The fourth-order valence-corrected chi connectivity index (χ4v) is 3.23. The Hall–Kier alpha value is -2.42. The molecule has 3 rings (SSSR count). The van der Waals surface area contributed by atoms with Crippen LogP contribution in [0.25, 0.3) is 0 Å². The van der Waals surface area contributed by atoms with Crippen molar-refractivity contribution in [3.63, 3.8) is 0 Å². The van der Waals surface area contributed by atoms with E-state index < -0.39 is 11.6 Å². The van der Waals surface area contributed by atoms with Crippen LogP contribution in [0.4, 0.5) is 0 Å². The number of benzene rings is 3. The lowest BCUT2D eigenvalue weighted by atomic mass is 9.78. The van der Waals surface area contributed by atoms with Crippen LogP contribution in [-0.2, 0) is 12.0 Å². The molecule has 25 heavy (non-hydrogen) atoms. The molecule has 2 nitrogen and oxygen atoms in total. The average molecular weight is 331 g/mol. The van der Waals surface area contributed by atoms with Crippen molar-refractivity contribution in [2.45, 2.75) is 31.9 Å². The molecule has 0 heterocycles. The van der Waals surface area contributed by atoms with E-state index in [9.17, 15) is 5.11 Å². The highest BCUT2D eigenvalue weighted by molar-refractivity contribution is 5.40. The molecular formula is C23H25NO. The largest absolute Gasteiger partial charge is 0.379 e. The Morgan fingerprint density at radius 1 is 0.760 bits per heavy atom. The first-order valence-corrected chi connectivity index (χ1v) is 8.66. The summed E-state index contributed by atoms with van der Waals surface area (Å²) in [5.41, 5.74) is 10.4. The highest BCUT2D eigenvalue weighted by Crippen LogP contribution is 2.34. The highest BCUT2D eigenvalue weighted by atomic mass is 16.3. The van der Waals surface area contributed by atoms with Crippen LogP contribution in [0.5, 0.6) is 0 Å². The fourth-order valence-electron chi connectivity index (χ4n) is 3.23. The van der Waals surface area contributed by atoms with Crippen LogP contribution in [0.2, 0.25) is 0 Å². The van der Waals surface area contributed by atoms with Gasteiger partial charge in [-0.3, -0.25) is 0 Å². The zero-order valence-corrected chi connectivity index (χ0v) is 14.8. The van der Waals surface area contributed by atoms with E-state index in [0.717, 1.165) is 27.8 Å². The van der Waals surface area contributed by atoms with E-state index in [-0.39, 0.29) is 0 Å². The molecule has 0 bridgehead atoms. The van der Waals surface area contributed by atoms with Gasteiger partial charge in [-0.2, -0.15) is 0 Å². The van der Waals surface area contributed by atoms with Crippen molar-refractivity contribution >= 4 is 0 Å². The molecule has 0 aromatic heterocycles. The third-order valence-corrected chi connectivity index (χ3v) is 4.82. The van der Waals surface area contributed by atoms with E-state index in [0.29, 0.717) is 6.42 Å². The first-order chi connectivity index (χ1) is 12.0. The number of hydrogen-bond acceptors (Lipinski definition) is 2. The Morgan fingerprint density at radius 3 is 1.64 bits per heavy atom. The normalized spacial score (nSPS) is 12.8. The third kappa shape index (κ3) is 3.65. The predicted molar refractivity (Wildman–Crippen MR) is 103 cm³/mol. The van der Waals surface area contributed by atoms with Crippen LogP contribution in [0.15, 0.2) is 78.9 Å².